The second-order valence-corrected chi connectivity index (χ2v) is 21.2. The van der Waals surface area contributed by atoms with Crippen molar-refractivity contribution in [3.8, 4) is 5.75 Å². The second kappa shape index (κ2) is 22.1. The summed E-state index contributed by atoms with van der Waals surface area (Å²) >= 11 is 0. The van der Waals surface area contributed by atoms with E-state index >= 15 is 0 Å². The number of amides is 2. The molecule has 2 atom stereocenters. The van der Waals surface area contributed by atoms with Gasteiger partial charge >= 0.3 is 0 Å². The number of piperazine rings is 1. The predicted molar refractivity (Wildman–Crippen MR) is 262 cm³/mol. The number of piperidine rings is 1. The van der Waals surface area contributed by atoms with Gasteiger partial charge in [0, 0.05) is 87.6 Å². The first-order chi connectivity index (χ1) is 31.6. The molecule has 4 heterocycles. The smallest absolute Gasteiger partial charge is 0.252 e. The van der Waals surface area contributed by atoms with Crippen LogP contribution < -0.4 is 25.8 Å². The van der Waals surface area contributed by atoms with E-state index in [0.717, 1.165) is 111 Å². The summed E-state index contributed by atoms with van der Waals surface area (Å²) < 4.78 is 7.66. The number of likely N-dealkylation sites (tertiary alicyclic amines) is 1. The van der Waals surface area contributed by atoms with Crippen LogP contribution in [0.5, 0.6) is 5.75 Å². The molecule has 4 aliphatic carbocycles. The van der Waals surface area contributed by atoms with Crippen molar-refractivity contribution in [1.29, 1.82) is 0 Å². The van der Waals surface area contributed by atoms with E-state index in [1.165, 1.54) is 103 Å². The van der Waals surface area contributed by atoms with Gasteiger partial charge in [-0.05, 0) is 125 Å². The molecule has 1 unspecified atom stereocenters. The van der Waals surface area contributed by atoms with Gasteiger partial charge in [0.15, 0.2) is 0 Å². The highest BCUT2D eigenvalue weighted by Crippen LogP contribution is 2.61. The van der Waals surface area contributed by atoms with Gasteiger partial charge in [0.2, 0.25) is 17.8 Å². The van der Waals surface area contributed by atoms with Crippen LogP contribution in [0.25, 0.3) is 11.0 Å². The van der Waals surface area contributed by atoms with Crippen molar-refractivity contribution in [2.24, 2.45) is 29.1 Å². The molecule has 356 valence electrons. The van der Waals surface area contributed by atoms with E-state index in [-0.39, 0.29) is 23.4 Å². The summed E-state index contributed by atoms with van der Waals surface area (Å²) in [4.78, 5) is 56.0. The molecule has 65 heavy (non-hydrogen) atoms. The Balaban J connectivity index is 0.707. The van der Waals surface area contributed by atoms with E-state index in [4.69, 9.17) is 9.72 Å². The maximum atomic E-state index is 13.6. The Labute approximate surface area is 389 Å². The summed E-state index contributed by atoms with van der Waals surface area (Å²) in [6.45, 7) is 13.3. The lowest BCUT2D eigenvalue weighted by Gasteiger charge is -2.56. The summed E-state index contributed by atoms with van der Waals surface area (Å²) in [7, 11) is 1.69. The third-order valence-corrected chi connectivity index (χ3v) is 16.2. The molecule has 2 N–H and O–H groups in total. The zero-order valence-corrected chi connectivity index (χ0v) is 40.4. The minimum Gasteiger partial charge on any atom is -0.494 e. The number of nitrogens with one attached hydrogen (secondary N) is 2. The lowest BCUT2D eigenvalue weighted by molar-refractivity contribution is -0.136. The van der Waals surface area contributed by atoms with Crippen molar-refractivity contribution in [2.75, 3.05) is 69.7 Å². The minimum atomic E-state index is -0.153. The average molecular weight is 893 g/mol. The lowest BCUT2D eigenvalue weighted by Crippen LogP contribution is -2.48. The molecule has 1 aromatic carbocycles. The fraction of sp³-hybridized carbons (Fsp3) is 0.717. The molecule has 2 aromatic heterocycles. The van der Waals surface area contributed by atoms with Gasteiger partial charge in [0.1, 0.15) is 11.4 Å². The zero-order chi connectivity index (χ0) is 45.3. The third kappa shape index (κ3) is 11.9. The number of aromatic nitrogens is 3. The van der Waals surface area contributed by atoms with Gasteiger partial charge in [-0.15, -0.1) is 0 Å². The SMILES string of the molecule is CCC(C)C(=O)N1CCC[C@H](n2c(=O)cc(C)c3cnc(Nc4ccc(N5CCN(CCCCCCCCCCCCNC(=O)CC67CC8CC(CC(C8)C6)C7)CC5)cc4OC)nc32)C1. The number of rotatable bonds is 22. The van der Waals surface area contributed by atoms with E-state index in [9.17, 15) is 14.4 Å². The fourth-order valence-corrected chi connectivity index (χ4v) is 12.9. The van der Waals surface area contributed by atoms with Crippen molar-refractivity contribution in [3.05, 3.63) is 46.4 Å². The van der Waals surface area contributed by atoms with E-state index < -0.39 is 0 Å². The summed E-state index contributed by atoms with van der Waals surface area (Å²) in [6, 6.07) is 7.76. The maximum absolute atomic E-state index is 13.6. The summed E-state index contributed by atoms with van der Waals surface area (Å²) in [5.74, 6) is 4.31. The van der Waals surface area contributed by atoms with Crippen LogP contribution in [0, 0.1) is 36.0 Å². The Kier molecular flexibility index (Phi) is 16.1. The minimum absolute atomic E-state index is 0.0362. The topological polar surface area (TPSA) is 125 Å². The molecule has 6 aliphatic rings. The van der Waals surface area contributed by atoms with Crippen LogP contribution in [0.1, 0.15) is 154 Å². The molecule has 12 heteroatoms. The Morgan fingerprint density at radius 2 is 1.54 bits per heavy atom. The molecule has 0 radical (unpaired) electrons. The normalized spacial score (nSPS) is 24.7. The number of fused-ring (bicyclic) bond motifs is 1. The molecule has 2 aliphatic heterocycles. The molecule has 6 fully saturated rings. The third-order valence-electron chi connectivity index (χ3n) is 16.2. The van der Waals surface area contributed by atoms with Gasteiger partial charge in [0.05, 0.1) is 18.8 Å². The predicted octanol–water partition coefficient (Wildman–Crippen LogP) is 9.81. The van der Waals surface area contributed by atoms with Crippen LogP contribution in [0.15, 0.2) is 35.3 Å². The Bertz CT molecular complexity index is 2090. The number of pyridine rings is 1. The first kappa shape index (κ1) is 47.3. The van der Waals surface area contributed by atoms with E-state index in [0.29, 0.717) is 35.2 Å². The van der Waals surface area contributed by atoms with E-state index in [1.807, 2.05) is 31.7 Å². The molecule has 0 spiro atoms. The zero-order valence-electron chi connectivity index (χ0n) is 40.4. The second-order valence-electron chi connectivity index (χ2n) is 21.2. The number of aryl methyl sites for hydroxylation is 1. The van der Waals surface area contributed by atoms with Crippen LogP contribution in [-0.4, -0.2) is 95.6 Å². The van der Waals surface area contributed by atoms with Crippen LogP contribution in [0.2, 0.25) is 0 Å². The van der Waals surface area contributed by atoms with Crippen molar-refractivity contribution < 1.29 is 14.3 Å². The number of ether oxygens (including phenoxy) is 1. The number of methoxy groups -OCH3 is 1. The number of hydrogen-bond donors (Lipinski definition) is 2. The van der Waals surface area contributed by atoms with E-state index in [1.54, 1.807) is 23.9 Å². The largest absolute Gasteiger partial charge is 0.494 e. The Morgan fingerprint density at radius 3 is 2.20 bits per heavy atom. The lowest BCUT2D eigenvalue weighted by atomic mass is 9.49. The van der Waals surface area contributed by atoms with Crippen molar-refractivity contribution in [1.82, 2.24) is 29.7 Å². The molecular weight excluding hydrogens is 813 g/mol. The van der Waals surface area contributed by atoms with Crippen LogP contribution >= 0.6 is 0 Å². The first-order valence-corrected chi connectivity index (χ1v) is 26.0. The quantitative estimate of drug-likeness (QED) is 0.0949. The highest BCUT2D eigenvalue weighted by Gasteiger charge is 2.51. The number of anilines is 3. The van der Waals surface area contributed by atoms with Gasteiger partial charge in [0.25, 0.3) is 5.56 Å². The van der Waals surface area contributed by atoms with Crippen molar-refractivity contribution >= 4 is 40.2 Å². The molecule has 4 bridgehead atoms. The number of hydrogen-bond acceptors (Lipinski definition) is 9. The highest BCUT2D eigenvalue weighted by atomic mass is 16.5. The monoisotopic (exact) mass is 893 g/mol. The molecule has 3 aromatic rings. The standard InChI is InChI=1S/C53H80N8O4/c1-5-38(2)51(64)60-22-16-17-44(37-60)61-49(63)27-39(3)45-36-55-52(57-50(45)61)56-46-19-18-43(31-47(46)65-4)59-25-23-58(24-26-59)21-15-13-11-9-7-6-8-10-12-14-20-54-48(62)35-53-32-40-28-41(33-53)30-42(29-40)34-53/h18-19,27,31,36,38,40-42,44H,5-17,20-26,28-30,32-35,37H2,1-4H3,(H,54,62)(H,55,56,57)/t38?,40?,41?,42?,44-,53?/m0/s1. The van der Waals surface area contributed by atoms with Gasteiger partial charge in [-0.1, -0.05) is 65.2 Å². The Hall–Kier alpha value is -4.19. The summed E-state index contributed by atoms with van der Waals surface area (Å²) in [6.07, 6.45) is 26.3. The number of carbonyl (C=O) groups is 2. The average Bonchev–Trinajstić information content (AvgIpc) is 3.29. The first-order valence-electron chi connectivity index (χ1n) is 26.0. The van der Waals surface area contributed by atoms with E-state index in [2.05, 4.69) is 37.6 Å². The molecule has 2 saturated heterocycles. The Morgan fingerprint density at radius 1 is 0.877 bits per heavy atom. The van der Waals surface area contributed by atoms with Gasteiger partial charge < -0.3 is 25.2 Å². The number of carbonyl (C=O) groups excluding carboxylic acids is 2. The molecule has 2 amide bonds. The molecule has 12 nitrogen and oxygen atoms in total. The van der Waals surface area contributed by atoms with Crippen LogP contribution in [0.4, 0.5) is 17.3 Å². The number of unbranched alkanes of at least 4 members (excludes halogenated alkanes) is 9. The van der Waals surface area contributed by atoms with Gasteiger partial charge in [-0.25, -0.2) is 4.98 Å². The van der Waals surface area contributed by atoms with Crippen molar-refractivity contribution in [2.45, 2.75) is 155 Å². The number of nitrogens with zero attached hydrogens (tertiary/aromatic N) is 6. The van der Waals surface area contributed by atoms with Crippen molar-refractivity contribution in [3.63, 3.8) is 0 Å². The fourth-order valence-electron chi connectivity index (χ4n) is 12.9. The van der Waals surface area contributed by atoms with Gasteiger partial charge in [-0.3, -0.25) is 23.9 Å². The highest BCUT2D eigenvalue weighted by molar-refractivity contribution is 5.81. The summed E-state index contributed by atoms with van der Waals surface area (Å²) in [5.41, 5.74) is 3.57. The molecule has 4 saturated carbocycles. The summed E-state index contributed by atoms with van der Waals surface area (Å²) in [5, 5.41) is 7.50. The molecular formula is C53H80N8O4. The molecule has 9 rings (SSSR count). The number of benzene rings is 1. The maximum Gasteiger partial charge on any atom is 0.252 e. The van der Waals surface area contributed by atoms with Crippen LogP contribution in [0.3, 0.4) is 0 Å². The van der Waals surface area contributed by atoms with Gasteiger partial charge in [-0.2, -0.15) is 4.98 Å². The van der Waals surface area contributed by atoms with Crippen LogP contribution in [-0.2, 0) is 9.59 Å².